The number of aromatic nitrogens is 3. The van der Waals surface area contributed by atoms with E-state index in [9.17, 15) is 5.11 Å². The van der Waals surface area contributed by atoms with E-state index in [1.54, 1.807) is 23.1 Å². The van der Waals surface area contributed by atoms with E-state index in [1.807, 2.05) is 42.5 Å². The number of nitrogens with zero attached hydrogens (tertiary/aromatic N) is 4. The average Bonchev–Trinajstić information content (AvgIpc) is 3.08. The second kappa shape index (κ2) is 8.22. The van der Waals surface area contributed by atoms with Crippen LogP contribution in [0.4, 0.5) is 0 Å². The highest BCUT2D eigenvalue weighted by Gasteiger charge is 2.32. The van der Waals surface area contributed by atoms with Crippen molar-refractivity contribution in [1.82, 2.24) is 14.8 Å². The van der Waals surface area contributed by atoms with E-state index >= 15 is 0 Å². The molecule has 0 aliphatic heterocycles. The molecule has 1 atom stereocenters. The van der Waals surface area contributed by atoms with Gasteiger partial charge >= 0.3 is 0 Å². The molecule has 1 heterocycles. The molecule has 8 nitrogen and oxygen atoms in total. The lowest BCUT2D eigenvalue weighted by Crippen LogP contribution is -2.33. The van der Waals surface area contributed by atoms with Crippen molar-refractivity contribution in [3.05, 3.63) is 93.5 Å². The van der Waals surface area contributed by atoms with Crippen molar-refractivity contribution in [3.63, 3.8) is 0 Å². The summed E-state index contributed by atoms with van der Waals surface area (Å²) in [4.78, 5) is 12.3. The Labute approximate surface area is 148 Å². The third kappa shape index (κ3) is 5.00. The minimum Gasteiger partial charge on any atom is -0.378 e. The molecule has 0 fully saturated rings. The average molecular weight is 363 g/mol. The molecule has 0 aliphatic carbocycles. The molecule has 2 aromatic carbocycles. The van der Waals surface area contributed by atoms with Gasteiger partial charge in [-0.3, -0.25) is 0 Å². The van der Waals surface area contributed by atoms with Gasteiger partial charge in [0.1, 0.15) is 18.3 Å². The lowest BCUT2D eigenvalue weighted by atomic mass is 9.86. The van der Waals surface area contributed by atoms with Gasteiger partial charge < -0.3 is 10.3 Å². The summed E-state index contributed by atoms with van der Waals surface area (Å²) in [5, 5.41) is 29.6. The van der Waals surface area contributed by atoms with E-state index in [2.05, 4.69) is 10.1 Å². The molecule has 0 saturated heterocycles. The van der Waals surface area contributed by atoms with Crippen LogP contribution >= 0.6 is 11.6 Å². The molecule has 0 spiro atoms. The lowest BCUT2D eigenvalue weighted by Gasteiger charge is -2.29. The van der Waals surface area contributed by atoms with Gasteiger partial charge in [0.2, 0.25) is 0 Å². The Morgan fingerprint density at radius 2 is 1.68 bits per heavy atom. The second-order valence-electron chi connectivity index (χ2n) is 5.06. The first-order valence-electron chi connectivity index (χ1n) is 7.11. The summed E-state index contributed by atoms with van der Waals surface area (Å²) in [6.45, 7) is 0.276. The number of aliphatic hydroxyl groups is 1. The maximum atomic E-state index is 11.3. The van der Waals surface area contributed by atoms with E-state index in [4.69, 9.17) is 26.9 Å². The van der Waals surface area contributed by atoms with Crippen LogP contribution in [0.25, 0.3) is 0 Å². The van der Waals surface area contributed by atoms with Crippen molar-refractivity contribution in [2.75, 3.05) is 0 Å². The maximum absolute atomic E-state index is 11.3. The SMILES string of the molecule is O=[N+]([O-])O.OC(Cn1cncn1)(c1ccccc1)c1ccc(Cl)cc1. The molecule has 3 rings (SSSR count). The number of rotatable bonds is 4. The molecule has 3 aromatic rings. The van der Waals surface area contributed by atoms with Crippen LogP contribution in [0.15, 0.2) is 67.3 Å². The molecule has 0 saturated carbocycles. The van der Waals surface area contributed by atoms with Gasteiger partial charge in [0.25, 0.3) is 5.09 Å². The molecule has 9 heteroatoms. The first-order valence-corrected chi connectivity index (χ1v) is 7.49. The Balaban J connectivity index is 0.000000511. The third-order valence-electron chi connectivity index (χ3n) is 3.43. The fourth-order valence-electron chi connectivity index (χ4n) is 2.34. The summed E-state index contributed by atoms with van der Waals surface area (Å²) in [6.07, 6.45) is 3.04. The van der Waals surface area contributed by atoms with Crippen molar-refractivity contribution in [2.45, 2.75) is 12.1 Å². The van der Waals surface area contributed by atoms with Gasteiger partial charge in [-0.1, -0.05) is 54.1 Å². The van der Waals surface area contributed by atoms with Gasteiger partial charge in [0, 0.05) is 5.02 Å². The van der Waals surface area contributed by atoms with Crippen LogP contribution < -0.4 is 0 Å². The first kappa shape index (κ1) is 18.4. The zero-order chi connectivity index (χ0) is 18.3. The van der Waals surface area contributed by atoms with Crippen LogP contribution in [0.5, 0.6) is 0 Å². The number of hydrogen-bond donors (Lipinski definition) is 2. The van der Waals surface area contributed by atoms with Gasteiger partial charge in [0.15, 0.2) is 0 Å². The fourth-order valence-corrected chi connectivity index (χ4v) is 2.46. The summed E-state index contributed by atoms with van der Waals surface area (Å²) in [5.41, 5.74) is 0.357. The number of hydrogen-bond acceptors (Lipinski definition) is 5. The minimum absolute atomic E-state index is 0.276. The summed E-state index contributed by atoms with van der Waals surface area (Å²) >= 11 is 5.94. The Morgan fingerprint density at radius 1 is 1.12 bits per heavy atom. The summed E-state index contributed by atoms with van der Waals surface area (Å²) < 4.78 is 1.61. The Hall–Kier alpha value is -2.97. The smallest absolute Gasteiger partial charge is 0.291 e. The number of halogens is 1. The number of benzene rings is 2. The van der Waals surface area contributed by atoms with Crippen molar-refractivity contribution in [2.24, 2.45) is 0 Å². The van der Waals surface area contributed by atoms with Gasteiger partial charge in [-0.15, -0.1) is 10.1 Å². The Morgan fingerprint density at radius 3 is 2.20 bits per heavy atom. The highest BCUT2D eigenvalue weighted by molar-refractivity contribution is 6.30. The zero-order valence-electron chi connectivity index (χ0n) is 12.9. The molecule has 25 heavy (non-hydrogen) atoms. The highest BCUT2D eigenvalue weighted by Crippen LogP contribution is 2.31. The first-order chi connectivity index (χ1) is 11.9. The van der Waals surface area contributed by atoms with Crippen LogP contribution in [-0.4, -0.2) is 30.2 Å². The monoisotopic (exact) mass is 362 g/mol. The van der Waals surface area contributed by atoms with Gasteiger partial charge in [-0.05, 0) is 23.3 Å². The van der Waals surface area contributed by atoms with Crippen LogP contribution in [0.3, 0.4) is 0 Å². The topological polar surface area (TPSA) is 114 Å². The predicted octanol–water partition coefficient (Wildman–Crippen LogP) is 2.52. The van der Waals surface area contributed by atoms with E-state index in [0.717, 1.165) is 11.1 Å². The molecule has 2 N–H and O–H groups in total. The van der Waals surface area contributed by atoms with Crippen molar-refractivity contribution in [3.8, 4) is 0 Å². The van der Waals surface area contributed by atoms with Crippen LogP contribution in [0, 0.1) is 10.1 Å². The lowest BCUT2D eigenvalue weighted by molar-refractivity contribution is -0.742. The summed E-state index contributed by atoms with van der Waals surface area (Å²) in [5.74, 6) is 0. The molecule has 130 valence electrons. The Bertz CT molecular complexity index is 793. The molecular formula is C16H15ClN4O4. The predicted molar refractivity (Wildman–Crippen MR) is 89.7 cm³/mol. The minimum atomic E-state index is -1.50. The van der Waals surface area contributed by atoms with Crippen LogP contribution in [0.2, 0.25) is 5.02 Å². The quantitative estimate of drug-likeness (QED) is 0.544. The van der Waals surface area contributed by atoms with E-state index in [-0.39, 0.29) is 6.54 Å². The summed E-state index contributed by atoms with van der Waals surface area (Å²) in [6, 6.07) is 16.7. The van der Waals surface area contributed by atoms with Crippen LogP contribution in [-0.2, 0) is 12.1 Å². The zero-order valence-corrected chi connectivity index (χ0v) is 13.7. The van der Waals surface area contributed by atoms with E-state index in [0.29, 0.717) is 5.02 Å². The van der Waals surface area contributed by atoms with Gasteiger partial charge in [-0.2, -0.15) is 5.10 Å². The molecule has 1 aromatic heterocycles. The molecular weight excluding hydrogens is 348 g/mol. The second-order valence-corrected chi connectivity index (χ2v) is 5.50. The van der Waals surface area contributed by atoms with Gasteiger partial charge in [-0.25, -0.2) is 9.67 Å². The largest absolute Gasteiger partial charge is 0.378 e. The highest BCUT2D eigenvalue weighted by atomic mass is 35.5. The van der Waals surface area contributed by atoms with Crippen molar-refractivity contribution < 1.29 is 15.4 Å². The normalized spacial score (nSPS) is 12.6. The molecule has 0 aliphatic rings. The molecule has 0 bridgehead atoms. The van der Waals surface area contributed by atoms with Crippen molar-refractivity contribution in [1.29, 1.82) is 0 Å². The molecule has 0 amide bonds. The Kier molecular flexibility index (Phi) is 6.04. The third-order valence-corrected chi connectivity index (χ3v) is 3.68. The fraction of sp³-hybridized carbons (Fsp3) is 0.125. The van der Waals surface area contributed by atoms with E-state index in [1.165, 1.54) is 6.33 Å². The van der Waals surface area contributed by atoms with E-state index < -0.39 is 10.7 Å². The molecule has 0 radical (unpaired) electrons. The maximum Gasteiger partial charge on any atom is 0.291 e. The summed E-state index contributed by atoms with van der Waals surface area (Å²) in [7, 11) is 0. The standard InChI is InChI=1S/C16H14ClN3O.HNO3/c17-15-8-6-14(7-9-15)16(21,10-20-12-18-11-19-20)13-4-2-1-3-5-13;2-1(3)4/h1-9,11-12,21H,10H2;(H,2,3,4). The van der Waals surface area contributed by atoms with Crippen molar-refractivity contribution >= 4 is 11.6 Å². The van der Waals surface area contributed by atoms with Gasteiger partial charge in [0.05, 0.1) is 6.54 Å². The molecule has 1 unspecified atom stereocenters. The van der Waals surface area contributed by atoms with Crippen LogP contribution in [0.1, 0.15) is 11.1 Å².